The van der Waals surface area contributed by atoms with Crippen molar-refractivity contribution in [2.24, 2.45) is 0 Å². The molecule has 1 aromatic carbocycles. The highest BCUT2D eigenvalue weighted by Gasteiger charge is 2.49. The molecule has 0 aliphatic heterocycles. The number of ether oxygens (including phenoxy) is 1. The molecule has 0 unspecified atom stereocenters. The van der Waals surface area contributed by atoms with Gasteiger partial charge in [-0.3, -0.25) is 0 Å². The normalized spacial score (nSPS) is 12.4. The van der Waals surface area contributed by atoms with E-state index in [0.29, 0.717) is 0 Å². The summed E-state index contributed by atoms with van der Waals surface area (Å²) in [6.07, 6.45) is 0. The Morgan fingerprint density at radius 2 is 1.63 bits per heavy atom. The van der Waals surface area contributed by atoms with Crippen molar-refractivity contribution in [2.45, 2.75) is 12.4 Å². The molecule has 0 aliphatic rings. The number of rotatable bonds is 3. The van der Waals surface area contributed by atoms with Crippen molar-refractivity contribution >= 4 is 33.3 Å². The van der Waals surface area contributed by atoms with E-state index in [9.17, 15) is 21.6 Å². The zero-order valence-electron chi connectivity index (χ0n) is 9.51. The molecule has 0 saturated carbocycles. The Kier molecular flexibility index (Phi) is 4.48. The molecule has 10 heteroatoms. The topological polar surface area (TPSA) is 52.6 Å². The van der Waals surface area contributed by atoms with Crippen LogP contribution in [-0.2, 0) is 10.1 Å². The van der Waals surface area contributed by atoms with Gasteiger partial charge in [0.2, 0.25) is 0 Å². The summed E-state index contributed by atoms with van der Waals surface area (Å²) in [7, 11) is -4.61. The largest absolute Gasteiger partial charge is 0.534 e. The van der Waals surface area contributed by atoms with Gasteiger partial charge in [-0.1, -0.05) is 23.2 Å². The van der Waals surface area contributed by atoms with E-state index in [4.69, 9.17) is 27.9 Å². The highest BCUT2D eigenvalue weighted by molar-refractivity contribution is 7.88. The van der Waals surface area contributed by atoms with E-state index in [1.165, 1.54) is 14.0 Å². The lowest BCUT2D eigenvalue weighted by Crippen LogP contribution is -2.28. The Morgan fingerprint density at radius 3 is 2.05 bits per heavy atom. The van der Waals surface area contributed by atoms with E-state index in [2.05, 4.69) is 4.18 Å². The second kappa shape index (κ2) is 5.26. The van der Waals surface area contributed by atoms with E-state index in [1.54, 1.807) is 0 Å². The average molecular weight is 339 g/mol. The fourth-order valence-electron chi connectivity index (χ4n) is 1.09. The minimum Gasteiger partial charge on any atom is -0.495 e. The van der Waals surface area contributed by atoms with E-state index < -0.39 is 21.4 Å². The summed E-state index contributed by atoms with van der Waals surface area (Å²) in [4.78, 5) is 0. The van der Waals surface area contributed by atoms with Crippen LogP contribution in [0.3, 0.4) is 0 Å². The molecule has 1 aromatic rings. The van der Waals surface area contributed by atoms with Crippen LogP contribution in [0.15, 0.2) is 6.07 Å². The van der Waals surface area contributed by atoms with Crippen molar-refractivity contribution in [1.82, 2.24) is 0 Å². The minimum absolute atomic E-state index is 0.0456. The quantitative estimate of drug-likeness (QED) is 0.624. The summed E-state index contributed by atoms with van der Waals surface area (Å²) in [6, 6.07) is 0.862. The maximum absolute atomic E-state index is 12.2. The molecule has 19 heavy (non-hydrogen) atoms. The fraction of sp³-hybridized carbons (Fsp3) is 0.333. The van der Waals surface area contributed by atoms with Crippen LogP contribution in [0.1, 0.15) is 5.56 Å². The minimum atomic E-state index is -5.81. The monoisotopic (exact) mass is 338 g/mol. The lowest BCUT2D eigenvalue weighted by atomic mass is 10.2. The second-order valence-electron chi connectivity index (χ2n) is 3.31. The van der Waals surface area contributed by atoms with E-state index >= 15 is 0 Å². The van der Waals surface area contributed by atoms with Gasteiger partial charge in [0.05, 0.1) is 17.2 Å². The smallest absolute Gasteiger partial charge is 0.495 e. The summed E-state index contributed by atoms with van der Waals surface area (Å²) in [5, 5.41) is -0.303. The van der Waals surface area contributed by atoms with Crippen LogP contribution in [0.25, 0.3) is 0 Å². The van der Waals surface area contributed by atoms with Gasteiger partial charge in [-0.15, -0.1) is 0 Å². The van der Waals surface area contributed by atoms with Gasteiger partial charge in [-0.25, -0.2) is 0 Å². The first-order valence-electron chi connectivity index (χ1n) is 4.54. The highest BCUT2D eigenvalue weighted by atomic mass is 35.5. The van der Waals surface area contributed by atoms with Crippen LogP contribution in [-0.4, -0.2) is 21.0 Å². The predicted molar refractivity (Wildman–Crippen MR) is 63.4 cm³/mol. The third-order valence-corrected chi connectivity index (χ3v) is 3.96. The zero-order chi connectivity index (χ0) is 15.0. The van der Waals surface area contributed by atoms with E-state index in [1.807, 2.05) is 0 Å². The number of methoxy groups -OCH3 is 1. The van der Waals surface area contributed by atoms with Crippen LogP contribution in [0.5, 0.6) is 11.5 Å². The molecule has 0 radical (unpaired) electrons. The predicted octanol–water partition coefficient (Wildman–Crippen LogP) is 3.54. The first-order chi connectivity index (χ1) is 8.51. The van der Waals surface area contributed by atoms with Crippen molar-refractivity contribution in [3.05, 3.63) is 21.7 Å². The summed E-state index contributed by atoms with van der Waals surface area (Å²) in [5.41, 5.74) is -5.42. The number of hydrogen-bond donors (Lipinski definition) is 0. The molecule has 0 spiro atoms. The number of hydrogen-bond acceptors (Lipinski definition) is 4. The Bertz CT molecular complexity index is 598. The molecule has 108 valence electrons. The SMILES string of the molecule is COc1cc(OS(=O)(=O)C(F)(F)F)c(Cl)c(C)c1Cl. The molecule has 0 aliphatic carbocycles. The third-order valence-electron chi connectivity index (χ3n) is 2.06. The Balaban J connectivity index is 3.35. The van der Waals surface area contributed by atoms with E-state index in [-0.39, 0.29) is 21.4 Å². The molecule has 0 atom stereocenters. The van der Waals surface area contributed by atoms with Gasteiger partial charge in [0, 0.05) is 6.07 Å². The Hall–Kier alpha value is -0.860. The zero-order valence-corrected chi connectivity index (χ0v) is 11.8. The van der Waals surface area contributed by atoms with Crippen molar-refractivity contribution in [2.75, 3.05) is 7.11 Å². The standard InChI is InChI=1S/C9H7Cl2F3O4S/c1-4-7(10)5(17-2)3-6(8(4)11)18-19(15,16)9(12,13)14/h3H,1-2H3. The maximum atomic E-state index is 12.2. The lowest BCUT2D eigenvalue weighted by Gasteiger charge is -2.14. The van der Waals surface area contributed by atoms with Crippen LogP contribution >= 0.6 is 23.2 Å². The number of alkyl halides is 3. The Morgan fingerprint density at radius 1 is 1.16 bits per heavy atom. The van der Waals surface area contributed by atoms with Crippen LogP contribution in [0, 0.1) is 6.92 Å². The fourth-order valence-corrected chi connectivity index (χ4v) is 2.06. The van der Waals surface area contributed by atoms with Crippen LogP contribution in [0.4, 0.5) is 13.2 Å². The summed E-state index contributed by atoms with van der Waals surface area (Å²) >= 11 is 11.5. The molecule has 0 fully saturated rings. The van der Waals surface area contributed by atoms with Gasteiger partial charge in [0.1, 0.15) is 5.75 Å². The number of halogens is 5. The lowest BCUT2D eigenvalue weighted by molar-refractivity contribution is -0.0500. The van der Waals surface area contributed by atoms with Crippen LogP contribution in [0.2, 0.25) is 10.0 Å². The molecule has 1 rings (SSSR count). The van der Waals surface area contributed by atoms with Crippen LogP contribution < -0.4 is 8.92 Å². The highest BCUT2D eigenvalue weighted by Crippen LogP contribution is 2.41. The van der Waals surface area contributed by atoms with E-state index in [0.717, 1.165) is 6.07 Å². The molecule has 0 saturated heterocycles. The molecule has 0 bridgehead atoms. The molecule has 4 nitrogen and oxygen atoms in total. The Labute approximate surface area is 117 Å². The van der Waals surface area contributed by atoms with Gasteiger partial charge in [-0.2, -0.15) is 21.6 Å². The maximum Gasteiger partial charge on any atom is 0.534 e. The summed E-state index contributed by atoms with van der Waals surface area (Å²) in [6.45, 7) is 1.38. The number of benzene rings is 1. The van der Waals surface area contributed by atoms with Crippen molar-refractivity contribution in [3.8, 4) is 11.5 Å². The molecule has 0 N–H and O–H groups in total. The van der Waals surface area contributed by atoms with Gasteiger partial charge < -0.3 is 8.92 Å². The third kappa shape index (κ3) is 3.18. The summed E-state index contributed by atoms with van der Waals surface area (Å²) in [5.74, 6) is -0.770. The first-order valence-corrected chi connectivity index (χ1v) is 6.71. The summed E-state index contributed by atoms with van der Waals surface area (Å²) < 4.78 is 67.1. The van der Waals surface area contributed by atoms with Crippen molar-refractivity contribution in [1.29, 1.82) is 0 Å². The first kappa shape index (κ1) is 16.2. The molecule has 0 heterocycles. The molecule has 0 aromatic heterocycles. The van der Waals surface area contributed by atoms with Gasteiger partial charge in [0.15, 0.2) is 5.75 Å². The molecule has 0 amide bonds. The van der Waals surface area contributed by atoms with Crippen molar-refractivity contribution < 1.29 is 30.5 Å². The molecular formula is C9H7Cl2F3O4S. The average Bonchev–Trinajstić information content (AvgIpc) is 2.28. The second-order valence-corrected chi connectivity index (χ2v) is 5.61. The van der Waals surface area contributed by atoms with Gasteiger partial charge >= 0.3 is 15.6 Å². The molecular weight excluding hydrogens is 332 g/mol. The van der Waals surface area contributed by atoms with Crippen molar-refractivity contribution in [3.63, 3.8) is 0 Å². The van der Waals surface area contributed by atoms with Gasteiger partial charge in [-0.05, 0) is 12.5 Å². The van der Waals surface area contributed by atoms with Gasteiger partial charge in [0.25, 0.3) is 0 Å².